The molecule has 0 fully saturated rings. The van der Waals surface area contributed by atoms with E-state index in [0.717, 1.165) is 47.6 Å². The summed E-state index contributed by atoms with van der Waals surface area (Å²) in [5.74, 6) is 6.37. The van der Waals surface area contributed by atoms with E-state index in [0.29, 0.717) is 11.5 Å². The maximum absolute atomic E-state index is 6.16. The number of benzene rings is 6. The minimum Gasteiger partial charge on any atom is -0.466 e. The minimum absolute atomic E-state index is 0.0462. The highest BCUT2D eigenvalue weighted by Gasteiger charge is 2.33. The first-order valence-corrected chi connectivity index (χ1v) is 21.8. The number of fused-ring (bicyclic) bond motifs is 2. The number of para-hydroxylation sites is 2. The third kappa shape index (κ3) is 8.85. The fourth-order valence-corrected chi connectivity index (χ4v) is 10.9. The fraction of sp³-hybridized carbons (Fsp3) is 0.143. The maximum Gasteiger partial charge on any atom is 0.206 e. The smallest absolute Gasteiger partial charge is 0.206 e. The van der Waals surface area contributed by atoms with Crippen molar-refractivity contribution in [2.45, 2.75) is 29.7 Å². The second-order valence-corrected chi connectivity index (χ2v) is 16.9. The number of ether oxygens (including phenoxy) is 5. The molecule has 2 heterocycles. The molecule has 4 unspecified atom stereocenters. The van der Waals surface area contributed by atoms with E-state index in [1.807, 2.05) is 97.1 Å². The lowest BCUT2D eigenvalue weighted by Crippen LogP contribution is -2.39. The molecule has 268 valence electrons. The molecule has 4 atom stereocenters. The van der Waals surface area contributed by atoms with Gasteiger partial charge in [0.25, 0.3) is 0 Å². The van der Waals surface area contributed by atoms with E-state index in [2.05, 4.69) is 149 Å². The Morgan fingerprint density at radius 3 is 1.00 bits per heavy atom. The Hall–Kier alpha value is -2.84. The molecule has 0 amide bonds. The predicted octanol–water partition coefficient (Wildman–Crippen LogP) is 13.2. The van der Waals surface area contributed by atoms with Crippen molar-refractivity contribution in [1.29, 1.82) is 0 Å². The molecule has 6 aromatic rings. The van der Waals surface area contributed by atoms with Gasteiger partial charge in [-0.1, -0.05) is 106 Å². The first-order chi connectivity index (χ1) is 25.9. The standard InChI is InChI=1S/C42H32I4N2O5/c43-39-35-5-1-3-7-37(35)52-41(45)47(39)25-27-9-13-29(14-10-27)49-31-17-21-33(22-18-31)51-34-23-19-32(20-24-34)50-30-15-11-28(12-16-30)26-48-40(44)36-6-2-4-8-38(36)53-42(48)46/h1-24,39-42H,25-26H2. The van der Waals surface area contributed by atoms with E-state index >= 15 is 0 Å². The average Bonchev–Trinajstić information content (AvgIpc) is 3.18. The first-order valence-electron chi connectivity index (χ1n) is 16.9. The Labute approximate surface area is 363 Å². The van der Waals surface area contributed by atoms with E-state index in [1.165, 1.54) is 22.3 Å². The SMILES string of the molecule is IC1Oc2ccccc2C(I)N1Cc1ccc(Oc2ccc(Oc3ccc(Oc4ccc(CN5C(I)Oc6ccccc6C5I)cc4)cc3)cc2)cc1. The normalized spacial score (nSPS) is 19.6. The summed E-state index contributed by atoms with van der Waals surface area (Å²) >= 11 is 9.70. The lowest BCUT2D eigenvalue weighted by atomic mass is 10.1. The summed E-state index contributed by atoms with van der Waals surface area (Å²) in [6.45, 7) is 1.54. The molecule has 0 N–H and O–H groups in total. The summed E-state index contributed by atoms with van der Waals surface area (Å²) in [7, 11) is 0. The zero-order valence-corrected chi connectivity index (χ0v) is 36.7. The van der Waals surface area contributed by atoms with E-state index in [4.69, 9.17) is 23.7 Å². The van der Waals surface area contributed by atoms with Crippen molar-refractivity contribution in [3.8, 4) is 46.0 Å². The largest absolute Gasteiger partial charge is 0.466 e. The highest BCUT2D eigenvalue weighted by molar-refractivity contribution is 14.1. The van der Waals surface area contributed by atoms with Crippen molar-refractivity contribution in [2.75, 3.05) is 0 Å². The highest BCUT2D eigenvalue weighted by Crippen LogP contribution is 2.44. The van der Waals surface area contributed by atoms with Crippen LogP contribution in [0.5, 0.6) is 46.0 Å². The number of hydrogen-bond acceptors (Lipinski definition) is 7. The van der Waals surface area contributed by atoms with E-state index in [9.17, 15) is 0 Å². The summed E-state index contributed by atoms with van der Waals surface area (Å²) in [5, 5.41) is 0. The van der Waals surface area contributed by atoms with Gasteiger partial charge in [-0.15, -0.1) is 0 Å². The van der Waals surface area contributed by atoms with Crippen molar-refractivity contribution in [3.63, 3.8) is 0 Å². The number of nitrogens with zero attached hydrogens (tertiary/aromatic N) is 2. The molecule has 7 nitrogen and oxygen atoms in total. The van der Waals surface area contributed by atoms with Gasteiger partial charge in [0, 0.05) is 24.2 Å². The van der Waals surface area contributed by atoms with Crippen LogP contribution in [0.2, 0.25) is 0 Å². The van der Waals surface area contributed by atoms with Crippen molar-refractivity contribution < 1.29 is 23.7 Å². The fourth-order valence-electron chi connectivity index (χ4n) is 6.09. The number of halogens is 4. The van der Waals surface area contributed by atoms with Gasteiger partial charge in [-0.2, -0.15) is 0 Å². The molecular formula is C42H32I4N2O5. The number of alkyl halides is 4. The summed E-state index contributed by atoms with van der Waals surface area (Å²) in [4.78, 5) is 4.68. The molecule has 2 aliphatic heterocycles. The molecule has 0 saturated heterocycles. The van der Waals surface area contributed by atoms with Crippen LogP contribution in [0.25, 0.3) is 0 Å². The van der Waals surface area contributed by atoms with Crippen LogP contribution < -0.4 is 23.7 Å². The molecule has 53 heavy (non-hydrogen) atoms. The maximum atomic E-state index is 6.16. The Bertz CT molecular complexity index is 2000. The van der Waals surface area contributed by atoms with Crippen LogP contribution in [0.1, 0.15) is 30.4 Å². The zero-order valence-electron chi connectivity index (χ0n) is 28.0. The van der Waals surface area contributed by atoms with Gasteiger partial charge in [0.1, 0.15) is 46.0 Å². The van der Waals surface area contributed by atoms with E-state index in [-0.39, 0.29) is 16.6 Å². The van der Waals surface area contributed by atoms with Crippen molar-refractivity contribution in [1.82, 2.24) is 9.80 Å². The quantitative estimate of drug-likeness (QED) is 0.0769. The molecule has 0 saturated carbocycles. The van der Waals surface area contributed by atoms with Gasteiger partial charge in [-0.3, -0.25) is 0 Å². The van der Waals surface area contributed by atoms with Crippen LogP contribution in [0.4, 0.5) is 0 Å². The monoisotopic (exact) mass is 1150 g/mol. The highest BCUT2D eigenvalue weighted by atomic mass is 127. The van der Waals surface area contributed by atoms with Gasteiger partial charge in [0.05, 0.1) is 8.10 Å². The van der Waals surface area contributed by atoms with Gasteiger partial charge < -0.3 is 23.7 Å². The summed E-state index contributed by atoms with van der Waals surface area (Å²) in [5.41, 5.74) is 4.79. The summed E-state index contributed by atoms with van der Waals surface area (Å²) in [6, 6.07) is 48.2. The van der Waals surface area contributed by atoms with E-state index < -0.39 is 0 Å². The third-order valence-electron chi connectivity index (χ3n) is 8.84. The summed E-state index contributed by atoms with van der Waals surface area (Å²) in [6.07, 6.45) is 0. The second-order valence-electron chi connectivity index (χ2n) is 12.4. The molecular weight excluding hydrogens is 1120 g/mol. The minimum atomic E-state index is -0.0462. The van der Waals surface area contributed by atoms with Gasteiger partial charge in [-0.05, 0) is 141 Å². The molecule has 0 spiro atoms. The van der Waals surface area contributed by atoms with E-state index in [1.54, 1.807) is 0 Å². The molecule has 0 radical (unpaired) electrons. The molecule has 8 rings (SSSR count). The lowest BCUT2D eigenvalue weighted by Gasteiger charge is -2.37. The number of hydrogen-bond donors (Lipinski definition) is 0. The van der Waals surface area contributed by atoms with Gasteiger partial charge >= 0.3 is 0 Å². The van der Waals surface area contributed by atoms with Gasteiger partial charge in [0.15, 0.2) is 0 Å². The molecule has 0 bridgehead atoms. The van der Waals surface area contributed by atoms with Crippen molar-refractivity contribution >= 4 is 90.4 Å². The van der Waals surface area contributed by atoms with Crippen LogP contribution in [-0.2, 0) is 13.1 Å². The van der Waals surface area contributed by atoms with Crippen LogP contribution in [-0.4, -0.2) is 18.3 Å². The van der Waals surface area contributed by atoms with Crippen LogP contribution in [0.15, 0.2) is 146 Å². The zero-order chi connectivity index (χ0) is 36.3. The molecule has 2 aliphatic rings. The summed E-state index contributed by atoms with van der Waals surface area (Å²) < 4.78 is 31.1. The molecule has 0 aromatic heterocycles. The van der Waals surface area contributed by atoms with Crippen LogP contribution in [0.3, 0.4) is 0 Å². The Morgan fingerprint density at radius 2 is 0.679 bits per heavy atom. The third-order valence-corrected chi connectivity index (χ3v) is 13.5. The van der Waals surface area contributed by atoms with Crippen molar-refractivity contribution in [3.05, 3.63) is 168 Å². The van der Waals surface area contributed by atoms with Crippen LogP contribution in [0, 0.1) is 0 Å². The second kappa shape index (κ2) is 16.9. The Morgan fingerprint density at radius 1 is 0.396 bits per heavy atom. The number of rotatable bonds is 10. The Kier molecular flexibility index (Phi) is 11.8. The average molecular weight is 1150 g/mol. The first kappa shape index (κ1) is 37.1. The predicted molar refractivity (Wildman–Crippen MR) is 240 cm³/mol. The topological polar surface area (TPSA) is 52.6 Å². The molecule has 0 aliphatic carbocycles. The molecule has 6 aromatic carbocycles. The lowest BCUT2D eigenvalue weighted by molar-refractivity contribution is 0.0740. The molecule has 11 heteroatoms. The van der Waals surface area contributed by atoms with Crippen LogP contribution >= 0.6 is 90.4 Å². The van der Waals surface area contributed by atoms with Crippen molar-refractivity contribution in [2.24, 2.45) is 0 Å². The van der Waals surface area contributed by atoms with Gasteiger partial charge in [-0.25, -0.2) is 9.80 Å². The van der Waals surface area contributed by atoms with Gasteiger partial charge in [0.2, 0.25) is 8.47 Å². The Balaban J connectivity index is 0.815.